The number of benzene rings is 2. The number of methoxy groups -OCH3 is 1. The molecule has 3 N–H and O–H groups in total. The normalized spacial score (nSPS) is 13.5. The Morgan fingerprint density at radius 2 is 1.73 bits per heavy atom. The van der Waals surface area contributed by atoms with Gasteiger partial charge in [0.1, 0.15) is 5.75 Å². The molecule has 2 aromatic rings. The third-order valence-electron chi connectivity index (χ3n) is 5.29. The first-order chi connectivity index (χ1) is 15.7. The minimum absolute atomic E-state index is 0.232. The van der Waals surface area contributed by atoms with Crippen LogP contribution in [-0.2, 0) is 15.8 Å². The van der Waals surface area contributed by atoms with Gasteiger partial charge in [-0.1, -0.05) is 6.07 Å². The molecule has 2 amide bonds. The number of alkyl halides is 3. The van der Waals surface area contributed by atoms with Gasteiger partial charge in [0.15, 0.2) is 0 Å². The van der Waals surface area contributed by atoms with E-state index in [1.807, 2.05) is 17.9 Å². The number of ether oxygens (including phenoxy) is 1. The summed E-state index contributed by atoms with van der Waals surface area (Å²) in [6, 6.07) is 8.79. The fraction of sp³-hybridized carbons (Fsp3) is 0.391. The number of carbonyl (C=O) groups is 2. The predicted octanol–water partition coefficient (Wildman–Crippen LogP) is 3.79. The second-order valence-corrected chi connectivity index (χ2v) is 7.81. The summed E-state index contributed by atoms with van der Waals surface area (Å²) in [6.07, 6.45) is -2.57. The molecule has 0 bridgehead atoms. The zero-order chi connectivity index (χ0) is 24.0. The van der Waals surface area contributed by atoms with Gasteiger partial charge in [-0.3, -0.25) is 9.59 Å². The second kappa shape index (κ2) is 10.5. The van der Waals surface area contributed by atoms with Crippen LogP contribution in [0.4, 0.5) is 30.2 Å². The van der Waals surface area contributed by atoms with Crippen molar-refractivity contribution in [2.45, 2.75) is 25.9 Å². The smallest absolute Gasteiger partial charge is 0.416 e. The molecule has 178 valence electrons. The van der Waals surface area contributed by atoms with Gasteiger partial charge < -0.3 is 25.6 Å². The number of nitrogens with zero attached hydrogens (tertiary/aromatic N) is 1. The Kier molecular flexibility index (Phi) is 7.67. The van der Waals surface area contributed by atoms with E-state index in [9.17, 15) is 22.8 Å². The van der Waals surface area contributed by atoms with Crippen molar-refractivity contribution in [3.8, 4) is 5.75 Å². The highest BCUT2D eigenvalue weighted by atomic mass is 19.4. The minimum atomic E-state index is -4.49. The molecule has 0 spiro atoms. The molecule has 0 saturated carbocycles. The van der Waals surface area contributed by atoms with Crippen LogP contribution in [0.2, 0.25) is 0 Å². The Hall–Kier alpha value is -3.43. The van der Waals surface area contributed by atoms with Crippen LogP contribution in [0.15, 0.2) is 36.4 Å². The van der Waals surface area contributed by atoms with Crippen LogP contribution in [0, 0.1) is 6.92 Å². The fourth-order valence-electron chi connectivity index (χ4n) is 3.62. The number of hydrogen-bond donors (Lipinski definition) is 3. The lowest BCUT2D eigenvalue weighted by molar-refractivity contribution is -0.137. The monoisotopic (exact) mass is 464 g/mol. The SMILES string of the molecule is COc1ccc(C)cc1NC(=O)CNC(=O)CNc1cc(C(F)(F)F)ccc1N1CCCC1. The molecular weight excluding hydrogens is 437 g/mol. The van der Waals surface area contributed by atoms with Crippen LogP contribution in [0.3, 0.4) is 0 Å². The standard InChI is InChI=1S/C23H27F3N4O3/c1-15-5-8-20(33-2)18(11-15)29-22(32)14-28-21(31)13-27-17-12-16(23(24,25)26)6-7-19(17)30-9-3-4-10-30/h5-8,11-12,27H,3-4,9-10,13-14H2,1-2H3,(H,28,31)(H,29,32). The Bertz CT molecular complexity index is 1000. The lowest BCUT2D eigenvalue weighted by Crippen LogP contribution is -2.36. The van der Waals surface area contributed by atoms with Gasteiger partial charge in [-0.25, -0.2) is 0 Å². The van der Waals surface area contributed by atoms with Crippen molar-refractivity contribution >= 4 is 28.9 Å². The first-order valence-electron chi connectivity index (χ1n) is 10.6. The van der Waals surface area contributed by atoms with Crippen LogP contribution in [0.5, 0.6) is 5.75 Å². The Labute approximate surface area is 190 Å². The molecule has 1 fully saturated rings. The Morgan fingerprint density at radius 1 is 1.00 bits per heavy atom. The number of rotatable bonds is 8. The first-order valence-corrected chi connectivity index (χ1v) is 10.6. The van der Waals surface area contributed by atoms with Crippen LogP contribution in [-0.4, -0.2) is 45.1 Å². The van der Waals surface area contributed by atoms with Gasteiger partial charge in [0.2, 0.25) is 11.8 Å². The number of halogens is 3. The summed E-state index contributed by atoms with van der Waals surface area (Å²) in [5, 5.41) is 7.94. The highest BCUT2D eigenvalue weighted by Crippen LogP contribution is 2.36. The largest absolute Gasteiger partial charge is 0.495 e. The molecule has 10 heteroatoms. The zero-order valence-electron chi connectivity index (χ0n) is 18.5. The van der Waals surface area contributed by atoms with Gasteiger partial charge in [0.25, 0.3) is 0 Å². The van der Waals surface area contributed by atoms with E-state index in [1.54, 1.807) is 12.1 Å². The van der Waals surface area contributed by atoms with Crippen LogP contribution < -0.4 is 25.6 Å². The number of amides is 2. The van der Waals surface area contributed by atoms with Crippen LogP contribution in [0.25, 0.3) is 0 Å². The van der Waals surface area contributed by atoms with Crippen molar-refractivity contribution in [1.82, 2.24) is 5.32 Å². The van der Waals surface area contributed by atoms with E-state index in [4.69, 9.17) is 4.74 Å². The van der Waals surface area contributed by atoms with Crippen molar-refractivity contribution in [1.29, 1.82) is 0 Å². The number of carbonyl (C=O) groups excluding carboxylic acids is 2. The number of hydrogen-bond acceptors (Lipinski definition) is 5. The predicted molar refractivity (Wildman–Crippen MR) is 121 cm³/mol. The average molecular weight is 464 g/mol. The van der Waals surface area contributed by atoms with E-state index in [0.717, 1.165) is 43.6 Å². The highest BCUT2D eigenvalue weighted by molar-refractivity contribution is 5.96. The minimum Gasteiger partial charge on any atom is -0.495 e. The molecule has 1 aliphatic heterocycles. The lowest BCUT2D eigenvalue weighted by Gasteiger charge is -2.23. The summed E-state index contributed by atoms with van der Waals surface area (Å²) in [5.74, 6) is -0.490. The maximum absolute atomic E-state index is 13.2. The van der Waals surface area contributed by atoms with E-state index in [0.29, 0.717) is 17.1 Å². The molecule has 0 radical (unpaired) electrons. The summed E-state index contributed by atoms with van der Waals surface area (Å²) >= 11 is 0. The maximum atomic E-state index is 13.2. The summed E-state index contributed by atoms with van der Waals surface area (Å²) in [5.41, 5.74) is 1.47. The molecule has 1 heterocycles. The first kappa shape index (κ1) is 24.2. The van der Waals surface area contributed by atoms with Gasteiger partial charge >= 0.3 is 6.18 Å². The van der Waals surface area contributed by atoms with E-state index in [1.165, 1.54) is 13.2 Å². The molecule has 7 nitrogen and oxygen atoms in total. The van der Waals surface area contributed by atoms with Crippen molar-refractivity contribution in [3.05, 3.63) is 47.5 Å². The number of anilines is 3. The van der Waals surface area contributed by atoms with E-state index < -0.39 is 23.6 Å². The third kappa shape index (κ3) is 6.53. The van der Waals surface area contributed by atoms with E-state index in [-0.39, 0.29) is 18.8 Å². The Morgan fingerprint density at radius 3 is 2.39 bits per heavy atom. The van der Waals surface area contributed by atoms with E-state index in [2.05, 4.69) is 16.0 Å². The number of nitrogens with one attached hydrogen (secondary N) is 3. The molecular formula is C23H27F3N4O3. The molecule has 0 aromatic heterocycles. The van der Waals surface area contributed by atoms with Crippen LogP contribution in [0.1, 0.15) is 24.0 Å². The van der Waals surface area contributed by atoms with Crippen molar-refractivity contribution in [2.24, 2.45) is 0 Å². The molecule has 1 saturated heterocycles. The third-order valence-corrected chi connectivity index (χ3v) is 5.29. The molecule has 33 heavy (non-hydrogen) atoms. The fourth-order valence-corrected chi connectivity index (χ4v) is 3.62. The number of aryl methyl sites for hydroxylation is 1. The summed E-state index contributed by atoms with van der Waals surface area (Å²) in [4.78, 5) is 26.5. The molecule has 0 unspecified atom stereocenters. The summed E-state index contributed by atoms with van der Waals surface area (Å²) < 4.78 is 44.7. The highest BCUT2D eigenvalue weighted by Gasteiger charge is 2.31. The summed E-state index contributed by atoms with van der Waals surface area (Å²) in [7, 11) is 1.48. The van der Waals surface area contributed by atoms with Gasteiger partial charge in [-0.2, -0.15) is 13.2 Å². The average Bonchev–Trinajstić information content (AvgIpc) is 3.30. The zero-order valence-corrected chi connectivity index (χ0v) is 18.5. The molecule has 2 aromatic carbocycles. The second-order valence-electron chi connectivity index (χ2n) is 7.81. The summed E-state index contributed by atoms with van der Waals surface area (Å²) in [6.45, 7) is 2.79. The molecule has 0 atom stereocenters. The Balaban J connectivity index is 1.59. The van der Waals surface area contributed by atoms with Gasteiger partial charge in [0.05, 0.1) is 42.8 Å². The van der Waals surface area contributed by atoms with E-state index >= 15 is 0 Å². The van der Waals surface area contributed by atoms with Crippen molar-refractivity contribution in [3.63, 3.8) is 0 Å². The lowest BCUT2D eigenvalue weighted by atomic mass is 10.1. The van der Waals surface area contributed by atoms with Gasteiger partial charge in [-0.05, 0) is 55.7 Å². The molecule has 0 aliphatic carbocycles. The van der Waals surface area contributed by atoms with Gasteiger partial charge in [-0.15, -0.1) is 0 Å². The van der Waals surface area contributed by atoms with Gasteiger partial charge in [0, 0.05) is 13.1 Å². The van der Waals surface area contributed by atoms with Crippen LogP contribution >= 0.6 is 0 Å². The maximum Gasteiger partial charge on any atom is 0.416 e. The molecule has 1 aliphatic rings. The topological polar surface area (TPSA) is 82.7 Å². The van der Waals surface area contributed by atoms with Crippen molar-refractivity contribution < 1.29 is 27.5 Å². The quantitative estimate of drug-likeness (QED) is 0.554. The van der Waals surface area contributed by atoms with Crippen molar-refractivity contribution in [2.75, 3.05) is 48.8 Å². The molecule has 3 rings (SSSR count).